The van der Waals surface area contributed by atoms with Gasteiger partial charge < -0.3 is 15.4 Å². The van der Waals surface area contributed by atoms with Crippen molar-refractivity contribution in [1.29, 1.82) is 0 Å². The lowest BCUT2D eigenvalue weighted by Crippen LogP contribution is -2.39. The number of amides is 1. The van der Waals surface area contributed by atoms with Gasteiger partial charge in [-0.25, -0.2) is 4.98 Å². The Morgan fingerprint density at radius 1 is 1.38 bits per heavy atom. The maximum absolute atomic E-state index is 12.5. The highest BCUT2D eigenvalue weighted by atomic mass is 16.5. The highest BCUT2D eigenvalue weighted by Gasteiger charge is 2.26. The van der Waals surface area contributed by atoms with Crippen molar-refractivity contribution < 1.29 is 9.53 Å². The minimum atomic E-state index is 0.0895. The highest BCUT2D eigenvalue weighted by molar-refractivity contribution is 5.78. The van der Waals surface area contributed by atoms with Gasteiger partial charge in [-0.3, -0.25) is 9.89 Å². The van der Waals surface area contributed by atoms with Crippen LogP contribution in [0.2, 0.25) is 0 Å². The van der Waals surface area contributed by atoms with E-state index < -0.39 is 0 Å². The molecule has 3 N–H and O–H groups in total. The van der Waals surface area contributed by atoms with Crippen molar-refractivity contribution in [3.05, 3.63) is 29.7 Å². The summed E-state index contributed by atoms with van der Waals surface area (Å²) in [5, 5.41) is 6.73. The number of hydrogen-bond donors (Lipinski definition) is 2. The first kappa shape index (κ1) is 16.2. The molecule has 3 rings (SSSR count). The number of pyridine rings is 1. The standard InChI is InChI=1S/C16H22N6O2/c1-2-24-13-5-3-4-12(18-13)10-14(23)22-8-6-11(7-9-22)15-19-16(17)21-20-15/h3-5,11H,2,6-10H2,1H3,(H3,17,19,20,21). The third kappa shape index (κ3) is 3.81. The van der Waals surface area contributed by atoms with E-state index in [1.165, 1.54) is 0 Å². The van der Waals surface area contributed by atoms with E-state index in [1.54, 1.807) is 6.07 Å². The van der Waals surface area contributed by atoms with Crippen LogP contribution in [0.4, 0.5) is 5.95 Å². The van der Waals surface area contributed by atoms with E-state index in [9.17, 15) is 4.79 Å². The van der Waals surface area contributed by atoms with Gasteiger partial charge in [0.15, 0.2) is 0 Å². The fraction of sp³-hybridized carbons (Fsp3) is 0.500. The number of aromatic amines is 1. The summed E-state index contributed by atoms with van der Waals surface area (Å²) >= 11 is 0. The molecule has 0 unspecified atom stereocenters. The van der Waals surface area contributed by atoms with Crippen LogP contribution in [0.15, 0.2) is 18.2 Å². The predicted octanol–water partition coefficient (Wildman–Crippen LogP) is 1.13. The molecule has 1 saturated heterocycles. The minimum Gasteiger partial charge on any atom is -0.478 e. The van der Waals surface area contributed by atoms with Crippen LogP contribution in [0.5, 0.6) is 5.88 Å². The number of rotatable bonds is 5. The van der Waals surface area contributed by atoms with Crippen molar-refractivity contribution in [2.45, 2.75) is 32.1 Å². The first-order valence-corrected chi connectivity index (χ1v) is 8.20. The second kappa shape index (κ2) is 7.29. The number of carbonyl (C=O) groups is 1. The molecule has 2 aromatic rings. The van der Waals surface area contributed by atoms with Gasteiger partial charge in [-0.2, -0.15) is 4.98 Å². The second-order valence-electron chi connectivity index (χ2n) is 5.81. The monoisotopic (exact) mass is 330 g/mol. The Morgan fingerprint density at radius 2 is 2.17 bits per heavy atom. The van der Waals surface area contributed by atoms with Gasteiger partial charge in [-0.05, 0) is 25.8 Å². The van der Waals surface area contributed by atoms with Gasteiger partial charge in [0.25, 0.3) is 0 Å². The molecule has 0 saturated carbocycles. The number of anilines is 1. The molecular formula is C16H22N6O2. The third-order valence-corrected chi connectivity index (χ3v) is 4.16. The Morgan fingerprint density at radius 3 is 2.83 bits per heavy atom. The number of H-pyrrole nitrogens is 1. The highest BCUT2D eigenvalue weighted by Crippen LogP contribution is 2.26. The molecule has 3 heterocycles. The largest absolute Gasteiger partial charge is 0.478 e. The normalized spacial score (nSPS) is 15.5. The number of nitrogens with zero attached hydrogens (tertiary/aromatic N) is 4. The number of piperidine rings is 1. The number of nitrogen functional groups attached to an aromatic ring is 1. The average molecular weight is 330 g/mol. The van der Waals surface area contributed by atoms with E-state index in [0.29, 0.717) is 32.0 Å². The summed E-state index contributed by atoms with van der Waals surface area (Å²) in [6.07, 6.45) is 2.00. The fourth-order valence-electron chi connectivity index (χ4n) is 2.92. The summed E-state index contributed by atoms with van der Waals surface area (Å²) < 4.78 is 5.38. The summed E-state index contributed by atoms with van der Waals surface area (Å²) in [4.78, 5) is 22.9. The van der Waals surface area contributed by atoms with Crippen molar-refractivity contribution in [3.8, 4) is 5.88 Å². The van der Waals surface area contributed by atoms with Crippen LogP contribution >= 0.6 is 0 Å². The second-order valence-corrected chi connectivity index (χ2v) is 5.81. The number of hydrogen-bond acceptors (Lipinski definition) is 6. The van der Waals surface area contributed by atoms with Crippen LogP contribution in [0.25, 0.3) is 0 Å². The Hall–Kier alpha value is -2.64. The quantitative estimate of drug-likeness (QED) is 0.850. The van der Waals surface area contributed by atoms with Crippen LogP contribution in [0.1, 0.15) is 37.2 Å². The predicted molar refractivity (Wildman–Crippen MR) is 88.5 cm³/mol. The van der Waals surface area contributed by atoms with Crippen LogP contribution in [0.3, 0.4) is 0 Å². The molecule has 1 amide bonds. The van der Waals surface area contributed by atoms with Crippen LogP contribution in [-0.4, -0.2) is 50.7 Å². The van der Waals surface area contributed by atoms with Gasteiger partial charge >= 0.3 is 0 Å². The smallest absolute Gasteiger partial charge is 0.239 e. The first-order chi connectivity index (χ1) is 11.7. The van der Waals surface area contributed by atoms with E-state index in [1.807, 2.05) is 24.0 Å². The van der Waals surface area contributed by atoms with Crippen molar-refractivity contribution in [2.75, 3.05) is 25.4 Å². The molecule has 0 spiro atoms. The molecule has 0 bridgehead atoms. The first-order valence-electron chi connectivity index (χ1n) is 8.20. The van der Waals surface area contributed by atoms with Crippen molar-refractivity contribution in [3.63, 3.8) is 0 Å². The molecule has 8 nitrogen and oxygen atoms in total. The van der Waals surface area contributed by atoms with Gasteiger partial charge in [0.1, 0.15) is 5.82 Å². The van der Waals surface area contributed by atoms with E-state index in [2.05, 4.69) is 20.2 Å². The lowest BCUT2D eigenvalue weighted by atomic mass is 9.96. The van der Waals surface area contributed by atoms with E-state index in [-0.39, 0.29) is 17.8 Å². The van der Waals surface area contributed by atoms with Gasteiger partial charge in [-0.15, -0.1) is 5.10 Å². The molecule has 0 aliphatic carbocycles. The summed E-state index contributed by atoms with van der Waals surface area (Å²) in [7, 11) is 0. The van der Waals surface area contributed by atoms with E-state index >= 15 is 0 Å². The summed E-state index contributed by atoms with van der Waals surface area (Å²) in [6.45, 7) is 3.88. The number of nitrogens with one attached hydrogen (secondary N) is 1. The molecular weight excluding hydrogens is 308 g/mol. The number of ether oxygens (including phenoxy) is 1. The number of carbonyl (C=O) groups excluding carboxylic acids is 1. The Labute approximate surface area is 140 Å². The third-order valence-electron chi connectivity index (χ3n) is 4.16. The maximum atomic E-state index is 12.5. The Bertz CT molecular complexity index is 693. The van der Waals surface area contributed by atoms with Crippen molar-refractivity contribution in [1.82, 2.24) is 25.1 Å². The summed E-state index contributed by atoms with van der Waals surface area (Å²) in [5.41, 5.74) is 6.28. The maximum Gasteiger partial charge on any atom is 0.239 e. The molecule has 24 heavy (non-hydrogen) atoms. The lowest BCUT2D eigenvalue weighted by molar-refractivity contribution is -0.131. The van der Waals surface area contributed by atoms with Gasteiger partial charge in [0.05, 0.1) is 18.7 Å². The average Bonchev–Trinajstić information content (AvgIpc) is 3.02. The SMILES string of the molecule is CCOc1cccc(CC(=O)N2CCC(c3nc(N)n[nH]3)CC2)n1. The zero-order valence-electron chi connectivity index (χ0n) is 13.7. The molecule has 128 valence electrons. The van der Waals surface area contributed by atoms with Crippen LogP contribution in [0, 0.1) is 0 Å². The molecule has 0 aromatic carbocycles. The van der Waals surface area contributed by atoms with E-state index in [0.717, 1.165) is 24.4 Å². The Kier molecular flexibility index (Phi) is 4.93. The van der Waals surface area contributed by atoms with Gasteiger partial charge in [0.2, 0.25) is 17.7 Å². The molecule has 0 radical (unpaired) electrons. The van der Waals surface area contributed by atoms with E-state index in [4.69, 9.17) is 10.5 Å². The molecule has 2 aromatic heterocycles. The van der Waals surface area contributed by atoms with Gasteiger partial charge in [-0.1, -0.05) is 6.07 Å². The summed E-state index contributed by atoms with van der Waals surface area (Å²) in [5.74, 6) is 2.00. The molecule has 8 heteroatoms. The topological polar surface area (TPSA) is 110 Å². The zero-order valence-corrected chi connectivity index (χ0v) is 13.7. The van der Waals surface area contributed by atoms with Gasteiger partial charge in [0, 0.05) is 25.1 Å². The fourth-order valence-corrected chi connectivity index (χ4v) is 2.92. The van der Waals surface area contributed by atoms with Crippen molar-refractivity contribution >= 4 is 11.9 Å². The molecule has 1 fully saturated rings. The number of likely N-dealkylation sites (tertiary alicyclic amines) is 1. The van der Waals surface area contributed by atoms with Crippen LogP contribution < -0.4 is 10.5 Å². The minimum absolute atomic E-state index is 0.0895. The lowest BCUT2D eigenvalue weighted by Gasteiger charge is -2.31. The molecule has 1 aliphatic rings. The Balaban J connectivity index is 1.54. The van der Waals surface area contributed by atoms with Crippen LogP contribution in [-0.2, 0) is 11.2 Å². The molecule has 1 aliphatic heterocycles. The number of nitrogens with two attached hydrogens (primary N) is 1. The molecule has 0 atom stereocenters. The summed E-state index contributed by atoms with van der Waals surface area (Å²) in [6, 6.07) is 5.51. The zero-order chi connectivity index (χ0) is 16.9. The van der Waals surface area contributed by atoms with Crippen molar-refractivity contribution in [2.24, 2.45) is 0 Å². The number of aromatic nitrogens is 4.